The van der Waals surface area contributed by atoms with E-state index in [2.05, 4.69) is 41.4 Å². The predicted octanol–water partition coefficient (Wildman–Crippen LogP) is 5.78. The van der Waals surface area contributed by atoms with Gasteiger partial charge in [0.25, 0.3) is 5.91 Å². The lowest BCUT2D eigenvalue weighted by atomic mass is 10.0. The molecule has 4 aromatic carbocycles. The van der Waals surface area contributed by atoms with Crippen LogP contribution in [0.1, 0.15) is 15.9 Å². The fourth-order valence-corrected chi connectivity index (χ4v) is 4.40. The highest BCUT2D eigenvalue weighted by atomic mass is 16.5. The first-order valence-corrected chi connectivity index (χ1v) is 12.1. The number of carbonyl (C=O) groups excluding carboxylic acids is 1. The van der Waals surface area contributed by atoms with Crippen LogP contribution in [-0.4, -0.2) is 50.3 Å². The number of hydrogen-bond donors (Lipinski definition) is 1. The van der Waals surface area contributed by atoms with Gasteiger partial charge in [0.1, 0.15) is 12.4 Å². The second-order valence-electron chi connectivity index (χ2n) is 8.86. The van der Waals surface area contributed by atoms with E-state index in [-0.39, 0.29) is 5.91 Å². The minimum Gasteiger partial charge on any atom is -0.492 e. The molecular weight excluding hydrogens is 436 g/mol. The third-order valence-electron chi connectivity index (χ3n) is 6.41. The Bertz CT molecular complexity index is 1310. The number of aryl methyl sites for hydroxylation is 1. The number of nitrogens with one attached hydrogen (secondary N) is 1. The molecule has 5 rings (SSSR count). The Balaban J connectivity index is 1.32. The molecule has 0 radical (unpaired) electrons. The van der Waals surface area contributed by atoms with Gasteiger partial charge >= 0.3 is 0 Å². The van der Waals surface area contributed by atoms with Gasteiger partial charge in [-0.05, 0) is 42.3 Å². The number of nitrogens with zero attached hydrogens (tertiary/aromatic N) is 1. The molecule has 1 aliphatic heterocycles. The van der Waals surface area contributed by atoms with E-state index in [4.69, 9.17) is 9.47 Å². The van der Waals surface area contributed by atoms with Crippen molar-refractivity contribution in [3.05, 3.63) is 96.1 Å². The number of fused-ring (bicyclic) bond motifs is 1. The van der Waals surface area contributed by atoms with Crippen LogP contribution in [0.25, 0.3) is 21.9 Å². The molecule has 0 unspecified atom stereocenters. The molecule has 1 N–H and O–H groups in total. The Hall–Kier alpha value is -3.67. The van der Waals surface area contributed by atoms with Gasteiger partial charge < -0.3 is 14.8 Å². The number of carbonyl (C=O) groups is 1. The van der Waals surface area contributed by atoms with E-state index < -0.39 is 0 Å². The van der Waals surface area contributed by atoms with Gasteiger partial charge in [0.15, 0.2) is 0 Å². The van der Waals surface area contributed by atoms with Gasteiger partial charge in [0.2, 0.25) is 0 Å². The van der Waals surface area contributed by atoms with E-state index in [9.17, 15) is 4.79 Å². The first kappa shape index (κ1) is 23.1. The number of benzene rings is 4. The minimum absolute atomic E-state index is 0.134. The molecule has 178 valence electrons. The molecule has 5 nitrogen and oxygen atoms in total. The number of hydrogen-bond acceptors (Lipinski definition) is 4. The smallest absolute Gasteiger partial charge is 0.255 e. The zero-order valence-electron chi connectivity index (χ0n) is 20.0. The lowest BCUT2D eigenvalue weighted by Gasteiger charge is -2.26. The molecule has 1 aliphatic rings. The van der Waals surface area contributed by atoms with E-state index in [1.165, 1.54) is 5.56 Å². The highest BCUT2D eigenvalue weighted by molar-refractivity contribution is 6.10. The number of amides is 1. The molecule has 1 heterocycles. The Kier molecular flexibility index (Phi) is 7.07. The van der Waals surface area contributed by atoms with Crippen LogP contribution in [0, 0.1) is 6.92 Å². The summed E-state index contributed by atoms with van der Waals surface area (Å²) in [6.07, 6.45) is 0. The molecular formula is C30H30N2O3. The monoisotopic (exact) mass is 466 g/mol. The molecule has 1 saturated heterocycles. The first-order valence-electron chi connectivity index (χ1n) is 12.1. The largest absolute Gasteiger partial charge is 0.492 e. The molecule has 0 aliphatic carbocycles. The number of anilines is 1. The van der Waals surface area contributed by atoms with Crippen LogP contribution in [0.15, 0.2) is 84.9 Å². The van der Waals surface area contributed by atoms with Crippen molar-refractivity contribution in [1.29, 1.82) is 0 Å². The second-order valence-corrected chi connectivity index (χ2v) is 8.86. The van der Waals surface area contributed by atoms with E-state index in [0.29, 0.717) is 12.2 Å². The fourth-order valence-electron chi connectivity index (χ4n) is 4.40. The van der Waals surface area contributed by atoms with Gasteiger partial charge in [0.05, 0.1) is 13.2 Å². The maximum Gasteiger partial charge on any atom is 0.255 e. The molecule has 1 fully saturated rings. The summed E-state index contributed by atoms with van der Waals surface area (Å²) in [4.78, 5) is 15.5. The van der Waals surface area contributed by atoms with Gasteiger partial charge in [0, 0.05) is 41.7 Å². The van der Waals surface area contributed by atoms with Gasteiger partial charge in [-0.2, -0.15) is 0 Å². The Morgan fingerprint density at radius 3 is 2.46 bits per heavy atom. The molecule has 35 heavy (non-hydrogen) atoms. The Morgan fingerprint density at radius 2 is 1.66 bits per heavy atom. The van der Waals surface area contributed by atoms with Crippen LogP contribution in [0.4, 0.5) is 5.69 Å². The number of rotatable bonds is 7. The first-order chi connectivity index (χ1) is 17.2. The molecule has 5 heteroatoms. The van der Waals surface area contributed by atoms with Crippen molar-refractivity contribution in [2.45, 2.75) is 6.92 Å². The second kappa shape index (κ2) is 10.7. The summed E-state index contributed by atoms with van der Waals surface area (Å²) in [5.74, 6) is 0.693. The van der Waals surface area contributed by atoms with Crippen molar-refractivity contribution >= 4 is 22.4 Å². The molecule has 0 spiro atoms. The highest BCUT2D eigenvalue weighted by Gasteiger charge is 2.13. The van der Waals surface area contributed by atoms with Crippen LogP contribution >= 0.6 is 0 Å². The summed E-state index contributed by atoms with van der Waals surface area (Å²) < 4.78 is 11.6. The van der Waals surface area contributed by atoms with Crippen LogP contribution in [0.2, 0.25) is 0 Å². The molecule has 1 amide bonds. The van der Waals surface area contributed by atoms with Crippen molar-refractivity contribution in [2.24, 2.45) is 0 Å². The topological polar surface area (TPSA) is 50.8 Å². The summed E-state index contributed by atoms with van der Waals surface area (Å²) in [7, 11) is 0. The normalized spacial score (nSPS) is 14.1. The van der Waals surface area contributed by atoms with Crippen LogP contribution < -0.4 is 10.1 Å². The summed E-state index contributed by atoms with van der Waals surface area (Å²) in [5.41, 5.74) is 4.72. The van der Waals surface area contributed by atoms with Gasteiger partial charge in [-0.25, -0.2) is 0 Å². The number of ether oxygens (including phenoxy) is 2. The van der Waals surface area contributed by atoms with Crippen LogP contribution in [-0.2, 0) is 4.74 Å². The molecule has 4 aromatic rings. The lowest BCUT2D eigenvalue weighted by Crippen LogP contribution is -2.38. The summed E-state index contributed by atoms with van der Waals surface area (Å²) in [6.45, 7) is 7.00. The average molecular weight is 467 g/mol. The van der Waals surface area contributed by atoms with E-state index >= 15 is 0 Å². The predicted molar refractivity (Wildman–Crippen MR) is 141 cm³/mol. The van der Waals surface area contributed by atoms with Gasteiger partial charge in [-0.1, -0.05) is 66.2 Å². The van der Waals surface area contributed by atoms with Crippen molar-refractivity contribution in [3.63, 3.8) is 0 Å². The van der Waals surface area contributed by atoms with Crippen LogP contribution in [0.3, 0.4) is 0 Å². The van der Waals surface area contributed by atoms with Crippen molar-refractivity contribution in [2.75, 3.05) is 44.8 Å². The third kappa shape index (κ3) is 5.53. The third-order valence-corrected chi connectivity index (χ3v) is 6.41. The van der Waals surface area contributed by atoms with Crippen molar-refractivity contribution < 1.29 is 14.3 Å². The standard InChI is InChI=1S/C30H30N2O3/c1-22-9-11-23(12-10-22)24-5-4-6-25(21-24)30(33)31-28-13-14-29(27-8-3-2-7-26(27)28)35-20-17-32-15-18-34-19-16-32/h2-14,21H,15-20H2,1H3,(H,31,33). The van der Waals surface area contributed by atoms with E-state index in [1.807, 2.05) is 60.7 Å². The maximum atomic E-state index is 13.2. The van der Waals surface area contributed by atoms with Crippen molar-refractivity contribution in [1.82, 2.24) is 4.90 Å². The van der Waals surface area contributed by atoms with Crippen molar-refractivity contribution in [3.8, 4) is 16.9 Å². The molecule has 0 atom stereocenters. The van der Waals surface area contributed by atoms with E-state index in [0.717, 1.165) is 66.2 Å². The molecule has 0 aromatic heterocycles. The quantitative estimate of drug-likeness (QED) is 0.375. The summed E-state index contributed by atoms with van der Waals surface area (Å²) in [6, 6.07) is 28.0. The zero-order chi connectivity index (χ0) is 24.0. The van der Waals surface area contributed by atoms with Gasteiger partial charge in [-0.3, -0.25) is 9.69 Å². The Morgan fingerprint density at radius 1 is 0.886 bits per heavy atom. The zero-order valence-corrected chi connectivity index (χ0v) is 20.0. The van der Waals surface area contributed by atoms with Gasteiger partial charge in [-0.15, -0.1) is 0 Å². The minimum atomic E-state index is -0.134. The maximum absolute atomic E-state index is 13.2. The fraction of sp³-hybridized carbons (Fsp3) is 0.233. The summed E-state index contributed by atoms with van der Waals surface area (Å²) >= 11 is 0. The SMILES string of the molecule is Cc1ccc(-c2cccc(C(=O)Nc3ccc(OCCN4CCOCC4)c4ccccc34)c2)cc1. The molecule has 0 bridgehead atoms. The lowest BCUT2D eigenvalue weighted by molar-refractivity contribution is 0.0323. The highest BCUT2D eigenvalue weighted by Crippen LogP contribution is 2.32. The van der Waals surface area contributed by atoms with E-state index in [1.54, 1.807) is 0 Å². The van der Waals surface area contributed by atoms with Crippen LogP contribution in [0.5, 0.6) is 5.75 Å². The molecule has 0 saturated carbocycles. The summed E-state index contributed by atoms with van der Waals surface area (Å²) in [5, 5.41) is 5.05. The number of morpholine rings is 1. The Labute approximate surface area is 206 Å². The average Bonchev–Trinajstić information content (AvgIpc) is 2.91.